The van der Waals surface area contributed by atoms with E-state index in [1.165, 1.54) is 84.2 Å². The average Bonchev–Trinajstić information content (AvgIpc) is 3.19. The van der Waals surface area contributed by atoms with Crippen LogP contribution >= 0.6 is 0 Å². The summed E-state index contributed by atoms with van der Waals surface area (Å²) in [7, 11) is 0. The summed E-state index contributed by atoms with van der Waals surface area (Å²) in [4.78, 5) is 27.8. The van der Waals surface area contributed by atoms with E-state index in [2.05, 4.69) is 34.6 Å². The van der Waals surface area contributed by atoms with E-state index in [0.717, 1.165) is 96.3 Å². The van der Waals surface area contributed by atoms with E-state index in [4.69, 9.17) is 28.4 Å². The Labute approximate surface area is 320 Å². The van der Waals surface area contributed by atoms with Gasteiger partial charge in [0.15, 0.2) is 11.4 Å². The van der Waals surface area contributed by atoms with Crippen molar-refractivity contribution in [2.24, 2.45) is 5.73 Å². The average molecular weight is 731 g/mol. The van der Waals surface area contributed by atoms with Crippen LogP contribution < -0.4 is 20.5 Å². The molecule has 2 aliphatic rings. The molecule has 2 aliphatic heterocycles. The third-order valence-corrected chi connectivity index (χ3v) is 9.84. The standard InChI is InChI=1S/C22H34N4O2.C20H32N4O/c1-20(27)24-12-5-3-4-6-13-25-15-17-26(18-16-25)14-7-19-28-22-10-8-21(23-2)9-11-22;1-22-19-7-9-20(10-8-19)25-18-6-13-24-16-14-23(15-17-24)12-5-3-2-4-11-21/h8-11H,3-7,12-19H2,1H3,(H,24,27);7-10H,2-6,11-18,21H2. The number of hydrogen-bond acceptors (Lipinski definition) is 8. The van der Waals surface area contributed by atoms with Crippen molar-refractivity contribution in [3.8, 4) is 11.5 Å². The Morgan fingerprint density at radius 3 is 1.30 bits per heavy atom. The minimum absolute atomic E-state index is 0.0692. The smallest absolute Gasteiger partial charge is 0.216 e. The molecule has 0 unspecified atom stereocenters. The van der Waals surface area contributed by atoms with Gasteiger partial charge in [0.05, 0.1) is 26.4 Å². The lowest BCUT2D eigenvalue weighted by Gasteiger charge is -2.34. The van der Waals surface area contributed by atoms with Gasteiger partial charge >= 0.3 is 0 Å². The molecule has 0 aromatic heterocycles. The van der Waals surface area contributed by atoms with Gasteiger partial charge in [-0.15, -0.1) is 0 Å². The van der Waals surface area contributed by atoms with Crippen molar-refractivity contribution in [2.75, 3.05) is 105 Å². The van der Waals surface area contributed by atoms with Gasteiger partial charge in [0.25, 0.3) is 0 Å². The lowest BCUT2D eigenvalue weighted by atomic mass is 10.1. The van der Waals surface area contributed by atoms with Crippen LogP contribution in [0.15, 0.2) is 48.5 Å². The van der Waals surface area contributed by atoms with Crippen LogP contribution in [0.1, 0.15) is 71.1 Å². The first-order valence-electron chi connectivity index (χ1n) is 20.0. The van der Waals surface area contributed by atoms with Gasteiger partial charge in [0.1, 0.15) is 11.5 Å². The highest BCUT2D eigenvalue weighted by Gasteiger charge is 2.17. The number of ether oxygens (including phenoxy) is 2. The van der Waals surface area contributed by atoms with Crippen molar-refractivity contribution in [3.63, 3.8) is 0 Å². The van der Waals surface area contributed by atoms with Crippen LogP contribution in [0.4, 0.5) is 11.4 Å². The molecule has 2 aromatic carbocycles. The number of piperazine rings is 2. The number of carbonyl (C=O) groups excluding carboxylic acids is 1. The molecule has 1 amide bonds. The number of nitrogens with zero attached hydrogens (tertiary/aromatic N) is 6. The lowest BCUT2D eigenvalue weighted by molar-refractivity contribution is -0.118. The zero-order valence-corrected chi connectivity index (χ0v) is 32.5. The Morgan fingerprint density at radius 2 is 0.943 bits per heavy atom. The molecular formula is C42H66N8O3. The molecule has 2 fully saturated rings. The number of amides is 1. The van der Waals surface area contributed by atoms with Gasteiger partial charge in [-0.2, -0.15) is 0 Å². The van der Waals surface area contributed by atoms with E-state index in [1.807, 2.05) is 24.3 Å². The Balaban J connectivity index is 0.000000287. The highest BCUT2D eigenvalue weighted by Crippen LogP contribution is 2.19. The predicted molar refractivity (Wildman–Crippen MR) is 216 cm³/mol. The van der Waals surface area contributed by atoms with Gasteiger partial charge in [-0.25, -0.2) is 9.69 Å². The maximum atomic E-state index is 10.8. The molecular weight excluding hydrogens is 665 g/mol. The van der Waals surface area contributed by atoms with E-state index in [0.29, 0.717) is 11.4 Å². The second kappa shape index (κ2) is 27.8. The maximum Gasteiger partial charge on any atom is 0.216 e. The third kappa shape index (κ3) is 20.4. The Hall–Kier alpha value is -3.71. The second-order valence-electron chi connectivity index (χ2n) is 14.1. The molecule has 0 atom stereocenters. The number of benzene rings is 2. The number of carbonyl (C=O) groups is 1. The third-order valence-electron chi connectivity index (χ3n) is 9.84. The predicted octanol–water partition coefficient (Wildman–Crippen LogP) is 6.46. The summed E-state index contributed by atoms with van der Waals surface area (Å²) in [5.74, 6) is 1.76. The number of nitrogens with two attached hydrogens (primary N) is 1. The van der Waals surface area contributed by atoms with Crippen molar-refractivity contribution in [2.45, 2.75) is 71.1 Å². The normalized spacial score (nSPS) is 15.5. The van der Waals surface area contributed by atoms with Crippen LogP contribution in [-0.4, -0.2) is 130 Å². The minimum atomic E-state index is 0.0692. The summed E-state index contributed by atoms with van der Waals surface area (Å²) in [6.45, 7) is 32.5. The van der Waals surface area contributed by atoms with E-state index < -0.39 is 0 Å². The summed E-state index contributed by atoms with van der Waals surface area (Å²) in [6, 6.07) is 14.7. The van der Waals surface area contributed by atoms with Crippen LogP contribution in [0.3, 0.4) is 0 Å². The van der Waals surface area contributed by atoms with Crippen LogP contribution in [-0.2, 0) is 4.79 Å². The largest absolute Gasteiger partial charge is 0.494 e. The molecule has 2 saturated heterocycles. The number of hydrogen-bond donors (Lipinski definition) is 2. The molecule has 0 spiro atoms. The van der Waals surface area contributed by atoms with Crippen LogP contribution in [0.2, 0.25) is 0 Å². The van der Waals surface area contributed by atoms with Gasteiger partial charge in [-0.1, -0.05) is 49.9 Å². The quantitative estimate of drug-likeness (QED) is 0.0995. The van der Waals surface area contributed by atoms with Gasteiger partial charge in [0, 0.05) is 78.9 Å². The first-order valence-corrected chi connectivity index (χ1v) is 20.0. The molecule has 0 saturated carbocycles. The first-order chi connectivity index (χ1) is 26.0. The first kappa shape index (κ1) is 43.7. The van der Waals surface area contributed by atoms with E-state index >= 15 is 0 Å². The van der Waals surface area contributed by atoms with Gasteiger partial charge < -0.3 is 40.1 Å². The van der Waals surface area contributed by atoms with Gasteiger partial charge in [0.2, 0.25) is 5.91 Å². The van der Waals surface area contributed by atoms with E-state index in [-0.39, 0.29) is 5.91 Å². The zero-order valence-electron chi connectivity index (χ0n) is 32.5. The number of nitrogens with one attached hydrogen (secondary N) is 1. The van der Waals surface area contributed by atoms with Gasteiger partial charge in [-0.3, -0.25) is 4.79 Å². The lowest BCUT2D eigenvalue weighted by Crippen LogP contribution is -2.46. The van der Waals surface area contributed by atoms with Crippen LogP contribution in [0, 0.1) is 13.1 Å². The molecule has 53 heavy (non-hydrogen) atoms. The summed E-state index contributed by atoms with van der Waals surface area (Å²) in [6.07, 6.45) is 11.9. The Morgan fingerprint density at radius 1 is 0.585 bits per heavy atom. The fourth-order valence-corrected chi connectivity index (χ4v) is 6.57. The fourth-order valence-electron chi connectivity index (χ4n) is 6.57. The van der Waals surface area contributed by atoms with Crippen molar-refractivity contribution in [1.82, 2.24) is 24.9 Å². The Bertz CT molecular complexity index is 1310. The monoisotopic (exact) mass is 731 g/mol. The molecule has 292 valence electrons. The second-order valence-corrected chi connectivity index (χ2v) is 14.1. The highest BCUT2D eigenvalue weighted by molar-refractivity contribution is 5.72. The molecule has 11 heteroatoms. The van der Waals surface area contributed by atoms with Crippen LogP contribution in [0.25, 0.3) is 9.69 Å². The van der Waals surface area contributed by atoms with Crippen LogP contribution in [0.5, 0.6) is 11.5 Å². The number of rotatable bonds is 23. The van der Waals surface area contributed by atoms with Gasteiger partial charge in [-0.05, 0) is 82.4 Å². The van der Waals surface area contributed by atoms with E-state index in [1.54, 1.807) is 31.2 Å². The maximum absolute atomic E-state index is 10.8. The zero-order chi connectivity index (χ0) is 37.8. The molecule has 11 nitrogen and oxygen atoms in total. The summed E-state index contributed by atoms with van der Waals surface area (Å²) in [5, 5.41) is 2.85. The molecule has 0 aliphatic carbocycles. The van der Waals surface area contributed by atoms with Crippen molar-refractivity contribution >= 4 is 17.3 Å². The van der Waals surface area contributed by atoms with Crippen molar-refractivity contribution < 1.29 is 14.3 Å². The Kier molecular flexibility index (Phi) is 22.9. The molecule has 2 heterocycles. The molecule has 0 radical (unpaired) electrons. The highest BCUT2D eigenvalue weighted by atomic mass is 16.5. The molecule has 0 bridgehead atoms. The fraction of sp³-hybridized carbons (Fsp3) is 0.643. The van der Waals surface area contributed by atoms with E-state index in [9.17, 15) is 4.79 Å². The number of unbranched alkanes of at least 4 members (excludes halogenated alkanes) is 6. The summed E-state index contributed by atoms with van der Waals surface area (Å²) in [5.41, 5.74) is 6.83. The topological polar surface area (TPSA) is 95.3 Å². The molecule has 2 aromatic rings. The molecule has 3 N–H and O–H groups in total. The van der Waals surface area contributed by atoms with Crippen molar-refractivity contribution in [1.29, 1.82) is 0 Å². The summed E-state index contributed by atoms with van der Waals surface area (Å²) >= 11 is 0. The SMILES string of the molecule is [C-]#[N+]c1ccc(OCCCN2CCN(CCCCCCN)CC2)cc1.[C-]#[N+]c1ccc(OCCCN2CCN(CCCCCCNC(C)=O)CC2)cc1. The molecule has 4 rings (SSSR count). The summed E-state index contributed by atoms with van der Waals surface area (Å²) < 4.78 is 11.5. The minimum Gasteiger partial charge on any atom is -0.494 e. The van der Waals surface area contributed by atoms with Crippen molar-refractivity contribution in [3.05, 3.63) is 71.4 Å².